The molecule has 0 amide bonds. The van der Waals surface area contributed by atoms with Crippen LogP contribution in [-0.4, -0.2) is 32.8 Å². The van der Waals surface area contributed by atoms with Crippen molar-refractivity contribution in [1.82, 2.24) is 14.5 Å². The Morgan fingerprint density at radius 1 is 1.42 bits per heavy atom. The molecule has 0 saturated heterocycles. The molecule has 4 heteroatoms. The van der Waals surface area contributed by atoms with E-state index in [4.69, 9.17) is 0 Å². The quantitative estimate of drug-likeness (QED) is 0.819. The zero-order valence-corrected chi connectivity index (χ0v) is 12.5. The molecule has 1 aliphatic rings. The molecule has 0 spiro atoms. The third-order valence-corrected chi connectivity index (χ3v) is 4.07. The van der Waals surface area contributed by atoms with Crippen molar-refractivity contribution >= 4 is 5.78 Å². The second-order valence-electron chi connectivity index (χ2n) is 5.83. The van der Waals surface area contributed by atoms with Gasteiger partial charge in [0.25, 0.3) is 0 Å². The zero-order chi connectivity index (χ0) is 14.0. The van der Waals surface area contributed by atoms with Crippen molar-refractivity contribution in [3.8, 4) is 0 Å². The van der Waals surface area contributed by atoms with Crippen LogP contribution in [-0.2, 0) is 17.9 Å². The fourth-order valence-corrected chi connectivity index (χ4v) is 2.86. The molecule has 0 aliphatic carbocycles. The fourth-order valence-electron chi connectivity index (χ4n) is 2.86. The molecule has 0 radical (unpaired) electrons. The molecule has 4 nitrogen and oxygen atoms in total. The van der Waals surface area contributed by atoms with Crippen LogP contribution >= 0.6 is 0 Å². The SMILES string of the molecule is CCC(CC(C)=O)c1ncc2n1CCN(C(C)C)C2. The van der Waals surface area contributed by atoms with E-state index in [9.17, 15) is 4.79 Å². The van der Waals surface area contributed by atoms with Gasteiger partial charge in [0.1, 0.15) is 11.6 Å². The maximum atomic E-state index is 11.4. The molecular formula is C15H25N3O. The van der Waals surface area contributed by atoms with Gasteiger partial charge in [0.2, 0.25) is 0 Å². The van der Waals surface area contributed by atoms with Crippen LogP contribution in [0.25, 0.3) is 0 Å². The monoisotopic (exact) mass is 263 g/mol. The largest absolute Gasteiger partial charge is 0.329 e. The van der Waals surface area contributed by atoms with E-state index in [-0.39, 0.29) is 11.7 Å². The topological polar surface area (TPSA) is 38.1 Å². The number of aromatic nitrogens is 2. The van der Waals surface area contributed by atoms with Crippen LogP contribution in [0, 0.1) is 0 Å². The molecule has 106 valence electrons. The summed E-state index contributed by atoms with van der Waals surface area (Å²) in [5.41, 5.74) is 1.29. The molecule has 1 atom stereocenters. The van der Waals surface area contributed by atoms with Gasteiger partial charge in [-0.1, -0.05) is 6.92 Å². The lowest BCUT2D eigenvalue weighted by Gasteiger charge is -2.32. The Morgan fingerprint density at radius 2 is 2.16 bits per heavy atom. The number of ketones is 1. The van der Waals surface area contributed by atoms with E-state index in [1.54, 1.807) is 6.92 Å². The van der Waals surface area contributed by atoms with E-state index in [2.05, 4.69) is 35.2 Å². The molecule has 2 rings (SSSR count). The van der Waals surface area contributed by atoms with Gasteiger partial charge in [-0.05, 0) is 27.2 Å². The first-order valence-electron chi connectivity index (χ1n) is 7.30. The molecule has 0 fully saturated rings. The van der Waals surface area contributed by atoms with Gasteiger partial charge in [0, 0.05) is 44.2 Å². The fraction of sp³-hybridized carbons (Fsp3) is 0.733. The summed E-state index contributed by atoms with van der Waals surface area (Å²) >= 11 is 0. The average Bonchev–Trinajstić information content (AvgIpc) is 2.78. The first-order valence-corrected chi connectivity index (χ1v) is 7.30. The van der Waals surface area contributed by atoms with Crippen molar-refractivity contribution in [3.05, 3.63) is 17.7 Å². The summed E-state index contributed by atoms with van der Waals surface area (Å²) in [5.74, 6) is 1.64. The maximum Gasteiger partial charge on any atom is 0.130 e. The molecule has 2 heterocycles. The minimum atomic E-state index is 0.254. The van der Waals surface area contributed by atoms with E-state index in [0.717, 1.165) is 31.9 Å². The van der Waals surface area contributed by atoms with E-state index >= 15 is 0 Å². The highest BCUT2D eigenvalue weighted by Crippen LogP contribution is 2.26. The number of fused-ring (bicyclic) bond motifs is 1. The summed E-state index contributed by atoms with van der Waals surface area (Å²) in [4.78, 5) is 18.4. The third kappa shape index (κ3) is 3.06. The Bertz CT molecular complexity index is 450. The van der Waals surface area contributed by atoms with Crippen LogP contribution in [0.4, 0.5) is 0 Å². The average molecular weight is 263 g/mol. The van der Waals surface area contributed by atoms with Gasteiger partial charge in [-0.15, -0.1) is 0 Å². The Labute approximate surface area is 115 Å². The van der Waals surface area contributed by atoms with Gasteiger partial charge in [-0.3, -0.25) is 4.90 Å². The standard InChI is InChI=1S/C15H25N3O/c1-5-13(8-12(4)19)15-16-9-14-10-17(11(2)3)6-7-18(14)15/h9,11,13H,5-8,10H2,1-4H3. The second kappa shape index (κ2) is 5.87. The van der Waals surface area contributed by atoms with Crippen LogP contribution < -0.4 is 0 Å². The number of rotatable bonds is 5. The summed E-state index contributed by atoms with van der Waals surface area (Å²) in [6.07, 6.45) is 3.58. The molecule has 0 aromatic carbocycles. The summed E-state index contributed by atoms with van der Waals surface area (Å²) in [5, 5.41) is 0. The van der Waals surface area contributed by atoms with E-state index in [0.29, 0.717) is 12.5 Å². The molecule has 0 bridgehead atoms. The number of nitrogens with zero attached hydrogens (tertiary/aromatic N) is 3. The number of hydrogen-bond donors (Lipinski definition) is 0. The first-order chi connectivity index (χ1) is 9.02. The Morgan fingerprint density at radius 3 is 2.74 bits per heavy atom. The highest BCUT2D eigenvalue weighted by molar-refractivity contribution is 5.76. The lowest BCUT2D eigenvalue weighted by molar-refractivity contribution is -0.117. The molecule has 1 aromatic heterocycles. The number of imidazole rings is 1. The van der Waals surface area contributed by atoms with Crippen LogP contribution in [0.3, 0.4) is 0 Å². The van der Waals surface area contributed by atoms with E-state index < -0.39 is 0 Å². The summed E-state index contributed by atoms with van der Waals surface area (Å²) in [6, 6.07) is 0.575. The van der Waals surface area contributed by atoms with Crippen molar-refractivity contribution in [1.29, 1.82) is 0 Å². The predicted molar refractivity (Wildman–Crippen MR) is 76.1 cm³/mol. The van der Waals surface area contributed by atoms with Crippen molar-refractivity contribution in [2.24, 2.45) is 0 Å². The predicted octanol–water partition coefficient (Wildman–Crippen LogP) is 2.58. The summed E-state index contributed by atoms with van der Waals surface area (Å²) in [7, 11) is 0. The van der Waals surface area contributed by atoms with Crippen LogP contribution in [0.15, 0.2) is 6.20 Å². The normalized spacial score (nSPS) is 17.5. The smallest absolute Gasteiger partial charge is 0.130 e. The van der Waals surface area contributed by atoms with Gasteiger partial charge in [0.05, 0.1) is 5.69 Å². The number of Topliss-reactive ketones (excluding diaryl/α,β-unsaturated/α-hetero) is 1. The molecule has 0 N–H and O–H groups in total. The van der Waals surface area contributed by atoms with Crippen molar-refractivity contribution in [3.63, 3.8) is 0 Å². The zero-order valence-electron chi connectivity index (χ0n) is 12.5. The number of carbonyl (C=O) groups excluding carboxylic acids is 1. The van der Waals surface area contributed by atoms with Gasteiger partial charge >= 0.3 is 0 Å². The molecule has 0 saturated carbocycles. The third-order valence-electron chi connectivity index (χ3n) is 4.07. The molecule has 1 aliphatic heterocycles. The Kier molecular flexibility index (Phi) is 4.40. The summed E-state index contributed by atoms with van der Waals surface area (Å²) in [6.45, 7) is 11.3. The molecule has 19 heavy (non-hydrogen) atoms. The highest BCUT2D eigenvalue weighted by Gasteiger charge is 2.24. The first kappa shape index (κ1) is 14.3. The van der Waals surface area contributed by atoms with Gasteiger partial charge < -0.3 is 9.36 Å². The minimum absolute atomic E-state index is 0.254. The van der Waals surface area contributed by atoms with Crippen LogP contribution in [0.2, 0.25) is 0 Å². The van der Waals surface area contributed by atoms with Gasteiger partial charge in [-0.2, -0.15) is 0 Å². The highest BCUT2D eigenvalue weighted by atomic mass is 16.1. The second-order valence-corrected chi connectivity index (χ2v) is 5.83. The van der Waals surface area contributed by atoms with E-state index in [1.807, 2.05) is 6.20 Å². The molecule has 1 unspecified atom stereocenters. The van der Waals surface area contributed by atoms with Crippen molar-refractivity contribution in [2.75, 3.05) is 6.54 Å². The van der Waals surface area contributed by atoms with Gasteiger partial charge in [-0.25, -0.2) is 4.98 Å². The lowest BCUT2D eigenvalue weighted by atomic mass is 9.99. The van der Waals surface area contributed by atoms with Crippen LogP contribution in [0.1, 0.15) is 58.0 Å². The Hall–Kier alpha value is -1.16. The maximum absolute atomic E-state index is 11.4. The van der Waals surface area contributed by atoms with E-state index in [1.165, 1.54) is 5.69 Å². The van der Waals surface area contributed by atoms with Crippen molar-refractivity contribution in [2.45, 2.75) is 65.6 Å². The Balaban J connectivity index is 2.19. The minimum Gasteiger partial charge on any atom is -0.329 e. The van der Waals surface area contributed by atoms with Gasteiger partial charge in [0.15, 0.2) is 0 Å². The number of hydrogen-bond acceptors (Lipinski definition) is 3. The molecule has 1 aromatic rings. The number of carbonyl (C=O) groups is 1. The van der Waals surface area contributed by atoms with Crippen molar-refractivity contribution < 1.29 is 4.79 Å². The summed E-state index contributed by atoms with van der Waals surface area (Å²) < 4.78 is 2.33. The van der Waals surface area contributed by atoms with Crippen LogP contribution in [0.5, 0.6) is 0 Å². The molecular weight excluding hydrogens is 238 g/mol. The lowest BCUT2D eigenvalue weighted by Crippen LogP contribution is -2.38.